The fourth-order valence-corrected chi connectivity index (χ4v) is 2.20. The van der Waals surface area contributed by atoms with Crippen molar-refractivity contribution >= 4 is 23.0 Å². The summed E-state index contributed by atoms with van der Waals surface area (Å²) in [6.45, 7) is 3.73. The van der Waals surface area contributed by atoms with Crippen molar-refractivity contribution < 1.29 is 4.74 Å². The summed E-state index contributed by atoms with van der Waals surface area (Å²) in [6.07, 6.45) is 5.85. The number of nitrogens with two attached hydrogens (primary N) is 1. The summed E-state index contributed by atoms with van der Waals surface area (Å²) in [5, 5.41) is 3.96. The van der Waals surface area contributed by atoms with Crippen LogP contribution in [0.4, 0.5) is 11.4 Å². The van der Waals surface area contributed by atoms with Gasteiger partial charge >= 0.3 is 0 Å². The fourth-order valence-electron chi connectivity index (χ4n) is 1.90. The van der Waals surface area contributed by atoms with E-state index in [-0.39, 0.29) is 0 Å². The lowest BCUT2D eigenvalue weighted by atomic mass is 10.1. The third-order valence-corrected chi connectivity index (χ3v) is 3.38. The van der Waals surface area contributed by atoms with Crippen LogP contribution in [0, 0.1) is 0 Å². The normalized spacial score (nSPS) is 10.6. The molecule has 0 amide bonds. The second kappa shape index (κ2) is 7.81. The van der Waals surface area contributed by atoms with Crippen LogP contribution in [-0.4, -0.2) is 23.1 Å². The molecule has 5 nitrogen and oxygen atoms in total. The molecule has 112 valence electrons. The maximum absolute atomic E-state index is 6.11. The van der Waals surface area contributed by atoms with Gasteiger partial charge in [0.2, 0.25) is 0 Å². The highest BCUT2D eigenvalue weighted by Gasteiger charge is 2.05. The Morgan fingerprint density at radius 2 is 2.19 bits per heavy atom. The first-order valence-electron chi connectivity index (χ1n) is 6.85. The Kier molecular flexibility index (Phi) is 5.78. The Bertz CT molecular complexity index is 577. The number of ether oxygens (including phenoxy) is 1. The molecule has 0 unspecified atom stereocenters. The summed E-state index contributed by atoms with van der Waals surface area (Å²) in [7, 11) is 0. The number of aromatic nitrogens is 2. The average molecular weight is 307 g/mol. The van der Waals surface area contributed by atoms with Gasteiger partial charge in [-0.1, -0.05) is 18.5 Å². The Morgan fingerprint density at radius 1 is 1.33 bits per heavy atom. The zero-order valence-electron chi connectivity index (χ0n) is 12.0. The molecule has 0 saturated heterocycles. The molecule has 2 rings (SSSR count). The van der Waals surface area contributed by atoms with Gasteiger partial charge < -0.3 is 15.8 Å². The lowest BCUT2D eigenvalue weighted by molar-refractivity contribution is 0.127. The molecular weight excluding hydrogens is 288 g/mol. The van der Waals surface area contributed by atoms with Crippen molar-refractivity contribution in [1.82, 2.24) is 9.97 Å². The lowest BCUT2D eigenvalue weighted by Crippen LogP contribution is -2.11. The molecular formula is C15H19ClN4O. The first-order chi connectivity index (χ1) is 10.2. The largest absolute Gasteiger partial charge is 0.397 e. The van der Waals surface area contributed by atoms with E-state index in [0.29, 0.717) is 30.5 Å². The Hall–Kier alpha value is -1.85. The molecule has 0 radical (unpaired) electrons. The van der Waals surface area contributed by atoms with Crippen molar-refractivity contribution in [2.24, 2.45) is 0 Å². The number of anilines is 2. The van der Waals surface area contributed by atoms with Crippen LogP contribution in [-0.2, 0) is 17.8 Å². The number of nitrogen functional groups attached to an aromatic ring is 1. The van der Waals surface area contributed by atoms with Gasteiger partial charge in [0, 0.05) is 24.0 Å². The highest BCUT2D eigenvalue weighted by molar-refractivity contribution is 6.31. The molecule has 0 aliphatic heterocycles. The van der Waals surface area contributed by atoms with Crippen LogP contribution in [0.3, 0.4) is 0 Å². The van der Waals surface area contributed by atoms with Gasteiger partial charge in [-0.3, -0.25) is 9.97 Å². The number of aryl methyl sites for hydroxylation is 1. The van der Waals surface area contributed by atoms with Crippen molar-refractivity contribution in [3.8, 4) is 0 Å². The van der Waals surface area contributed by atoms with Crippen LogP contribution in [0.2, 0.25) is 5.02 Å². The molecule has 6 heteroatoms. The number of halogens is 1. The van der Waals surface area contributed by atoms with E-state index in [2.05, 4.69) is 22.2 Å². The number of nitrogens with zero attached hydrogens (tertiary/aromatic N) is 2. The van der Waals surface area contributed by atoms with Crippen LogP contribution in [0.1, 0.15) is 18.2 Å². The quantitative estimate of drug-likeness (QED) is 0.608. The minimum atomic E-state index is 0.450. The van der Waals surface area contributed by atoms with Crippen LogP contribution < -0.4 is 11.1 Å². The summed E-state index contributed by atoms with van der Waals surface area (Å²) in [4.78, 5) is 8.12. The molecule has 2 aromatic rings. The third kappa shape index (κ3) is 4.58. The lowest BCUT2D eigenvalue weighted by Gasteiger charge is -2.12. The molecule has 1 aromatic heterocycles. The Morgan fingerprint density at radius 3 is 2.90 bits per heavy atom. The van der Waals surface area contributed by atoms with Crippen LogP contribution in [0.25, 0.3) is 0 Å². The zero-order valence-corrected chi connectivity index (χ0v) is 12.7. The van der Waals surface area contributed by atoms with Crippen molar-refractivity contribution in [1.29, 1.82) is 0 Å². The monoisotopic (exact) mass is 306 g/mol. The summed E-state index contributed by atoms with van der Waals surface area (Å²) in [5.41, 5.74) is 9.37. The molecule has 0 fully saturated rings. The van der Waals surface area contributed by atoms with Gasteiger partial charge in [0.05, 0.1) is 36.5 Å². The van der Waals surface area contributed by atoms with Gasteiger partial charge in [-0.25, -0.2) is 0 Å². The highest BCUT2D eigenvalue weighted by atomic mass is 35.5. The Labute approximate surface area is 129 Å². The molecule has 21 heavy (non-hydrogen) atoms. The maximum Gasteiger partial charge on any atom is 0.0904 e. The van der Waals surface area contributed by atoms with Crippen molar-refractivity contribution in [2.45, 2.75) is 20.0 Å². The molecule has 0 aliphatic rings. The van der Waals surface area contributed by atoms with E-state index in [0.717, 1.165) is 23.4 Å². The fraction of sp³-hybridized carbons (Fsp3) is 0.333. The number of nitrogens with one attached hydrogen (secondary N) is 1. The van der Waals surface area contributed by atoms with Crippen LogP contribution in [0.15, 0.2) is 30.7 Å². The summed E-state index contributed by atoms with van der Waals surface area (Å²) >= 11 is 6.11. The predicted molar refractivity (Wildman–Crippen MR) is 85.4 cm³/mol. The number of rotatable bonds is 7. The number of hydrogen-bond acceptors (Lipinski definition) is 5. The van der Waals surface area contributed by atoms with Gasteiger partial charge in [0.1, 0.15) is 0 Å². The van der Waals surface area contributed by atoms with E-state index in [9.17, 15) is 0 Å². The molecule has 0 saturated carbocycles. The summed E-state index contributed by atoms with van der Waals surface area (Å²) in [6, 6.07) is 3.77. The van der Waals surface area contributed by atoms with Gasteiger partial charge in [0.25, 0.3) is 0 Å². The second-order valence-electron chi connectivity index (χ2n) is 4.56. The minimum absolute atomic E-state index is 0.450. The van der Waals surface area contributed by atoms with E-state index in [1.165, 1.54) is 0 Å². The van der Waals surface area contributed by atoms with Gasteiger partial charge in [-0.2, -0.15) is 0 Å². The molecule has 0 aliphatic carbocycles. The maximum atomic E-state index is 6.11. The van der Waals surface area contributed by atoms with E-state index >= 15 is 0 Å². The zero-order chi connectivity index (χ0) is 15.1. The standard InChI is InChI=1S/C15H19ClN4O/c1-2-11-7-15(14(17)8-13(11)16)20-5-6-21-10-12-9-18-3-4-19-12/h3-4,7-9,20H,2,5-6,10,17H2,1H3. The van der Waals surface area contributed by atoms with Crippen molar-refractivity contribution in [2.75, 3.05) is 24.2 Å². The molecule has 0 bridgehead atoms. The van der Waals surface area contributed by atoms with E-state index in [1.54, 1.807) is 24.7 Å². The highest BCUT2D eigenvalue weighted by Crippen LogP contribution is 2.27. The van der Waals surface area contributed by atoms with Gasteiger partial charge in [-0.15, -0.1) is 0 Å². The minimum Gasteiger partial charge on any atom is -0.397 e. The van der Waals surface area contributed by atoms with E-state index in [4.69, 9.17) is 22.1 Å². The van der Waals surface area contributed by atoms with Gasteiger partial charge in [0.15, 0.2) is 0 Å². The van der Waals surface area contributed by atoms with Crippen molar-refractivity contribution in [3.05, 3.63) is 47.0 Å². The topological polar surface area (TPSA) is 73.1 Å². The average Bonchev–Trinajstić information content (AvgIpc) is 2.50. The summed E-state index contributed by atoms with van der Waals surface area (Å²) in [5.74, 6) is 0. The smallest absolute Gasteiger partial charge is 0.0904 e. The van der Waals surface area contributed by atoms with Crippen molar-refractivity contribution in [3.63, 3.8) is 0 Å². The second-order valence-corrected chi connectivity index (χ2v) is 4.97. The SMILES string of the molecule is CCc1cc(NCCOCc2cnccn2)c(N)cc1Cl. The van der Waals surface area contributed by atoms with Gasteiger partial charge in [-0.05, 0) is 24.1 Å². The predicted octanol–water partition coefficient (Wildman–Crippen LogP) is 2.90. The Balaban J connectivity index is 1.78. The molecule has 0 atom stereocenters. The number of benzene rings is 1. The third-order valence-electron chi connectivity index (χ3n) is 3.03. The number of hydrogen-bond donors (Lipinski definition) is 2. The molecule has 1 aromatic carbocycles. The van der Waals surface area contributed by atoms with Crippen LogP contribution >= 0.6 is 11.6 Å². The summed E-state index contributed by atoms with van der Waals surface area (Å²) < 4.78 is 5.53. The van der Waals surface area contributed by atoms with E-state index in [1.807, 2.05) is 6.07 Å². The van der Waals surface area contributed by atoms with Crippen LogP contribution in [0.5, 0.6) is 0 Å². The molecule has 0 spiro atoms. The van der Waals surface area contributed by atoms with E-state index < -0.39 is 0 Å². The molecule has 3 N–H and O–H groups in total. The first-order valence-corrected chi connectivity index (χ1v) is 7.23. The first kappa shape index (κ1) is 15.5. The molecule has 1 heterocycles.